The minimum Gasteiger partial charge on any atom is -0.480 e. The summed E-state index contributed by atoms with van der Waals surface area (Å²) in [5.74, 6) is -0.422. The van der Waals surface area contributed by atoms with Gasteiger partial charge in [-0.2, -0.15) is 0 Å². The van der Waals surface area contributed by atoms with Crippen LogP contribution >= 0.6 is 23.2 Å². The lowest BCUT2D eigenvalue weighted by Gasteiger charge is -2.22. The first kappa shape index (κ1) is 15.7. The second-order valence-corrected chi connectivity index (χ2v) is 5.77. The molecule has 0 amide bonds. The Morgan fingerprint density at radius 2 is 1.95 bits per heavy atom. The zero-order valence-corrected chi connectivity index (χ0v) is 13.4. The van der Waals surface area contributed by atoms with E-state index in [1.54, 1.807) is 30.3 Å². The Balaban J connectivity index is 2.74. The molecule has 0 radical (unpaired) electrons. The monoisotopic (exact) mass is 327 g/mol. The molecule has 112 valence electrons. The first-order chi connectivity index (χ1) is 9.81. The lowest BCUT2D eigenvalue weighted by atomic mass is 10.1. The normalized spacial score (nSPS) is 10.7. The maximum atomic E-state index is 10.9. The minimum absolute atomic E-state index is 0.164. The molecule has 2 aromatic rings. The van der Waals surface area contributed by atoms with Crippen LogP contribution in [0, 0.1) is 0 Å². The van der Waals surface area contributed by atoms with Gasteiger partial charge in [-0.1, -0.05) is 23.2 Å². The molecule has 0 unspecified atom stereocenters. The zero-order valence-electron chi connectivity index (χ0n) is 11.9. The van der Waals surface area contributed by atoms with E-state index in [0.29, 0.717) is 21.2 Å². The third kappa shape index (κ3) is 3.14. The van der Waals surface area contributed by atoms with Gasteiger partial charge in [0.25, 0.3) is 0 Å². The molecule has 0 atom stereocenters. The van der Waals surface area contributed by atoms with Crippen molar-refractivity contribution >= 4 is 51.4 Å². The number of carbonyl (C=O) groups is 1. The van der Waals surface area contributed by atoms with Crippen molar-refractivity contribution in [2.45, 2.75) is 0 Å². The zero-order chi connectivity index (χ0) is 15.7. The molecule has 0 saturated heterocycles. The number of halogens is 2. The van der Waals surface area contributed by atoms with Gasteiger partial charge in [0.2, 0.25) is 0 Å². The molecule has 0 aliphatic carbocycles. The number of fused-ring (bicyclic) bond motifs is 1. The topological polar surface area (TPSA) is 56.7 Å². The van der Waals surface area contributed by atoms with E-state index in [1.807, 2.05) is 19.0 Å². The molecule has 0 fully saturated rings. The molecule has 1 aromatic heterocycles. The molecule has 21 heavy (non-hydrogen) atoms. The second kappa shape index (κ2) is 5.95. The standard InChI is InChI=1S/C14H15Cl2N3O2/c1-18(2)11-6-17-14(19(3)7-12(20)21)13-9(11)4-8(15)5-10(13)16/h4-6H,7H2,1-3H3,(H,20,21). The highest BCUT2D eigenvalue weighted by Gasteiger charge is 2.17. The predicted molar refractivity (Wildman–Crippen MR) is 87.0 cm³/mol. The van der Waals surface area contributed by atoms with Crippen LogP contribution in [-0.2, 0) is 4.79 Å². The third-order valence-corrected chi connectivity index (χ3v) is 3.60. The maximum absolute atomic E-state index is 10.9. The smallest absolute Gasteiger partial charge is 0.323 e. The fourth-order valence-electron chi connectivity index (χ4n) is 2.18. The molecule has 0 aliphatic heterocycles. The van der Waals surface area contributed by atoms with E-state index in [1.165, 1.54) is 0 Å². The highest BCUT2D eigenvalue weighted by molar-refractivity contribution is 6.40. The van der Waals surface area contributed by atoms with Crippen molar-refractivity contribution in [2.24, 2.45) is 0 Å². The van der Waals surface area contributed by atoms with E-state index < -0.39 is 5.97 Å². The number of rotatable bonds is 4. The number of aromatic nitrogens is 1. The number of nitrogens with zero attached hydrogens (tertiary/aromatic N) is 3. The Bertz CT molecular complexity index is 704. The summed E-state index contributed by atoms with van der Waals surface area (Å²) >= 11 is 12.4. The van der Waals surface area contributed by atoms with Crippen molar-refractivity contribution in [3.8, 4) is 0 Å². The molecular formula is C14H15Cl2N3O2. The van der Waals surface area contributed by atoms with Gasteiger partial charge in [0.1, 0.15) is 12.4 Å². The summed E-state index contributed by atoms with van der Waals surface area (Å²) in [5.41, 5.74) is 0.863. The minimum atomic E-state index is -0.936. The molecule has 0 bridgehead atoms. The van der Waals surface area contributed by atoms with E-state index in [4.69, 9.17) is 28.3 Å². The fourth-order valence-corrected chi connectivity index (χ4v) is 2.76. The van der Waals surface area contributed by atoms with Crippen LogP contribution in [0.2, 0.25) is 10.0 Å². The Morgan fingerprint density at radius 1 is 1.29 bits per heavy atom. The van der Waals surface area contributed by atoms with Gasteiger partial charge in [-0.3, -0.25) is 4.79 Å². The van der Waals surface area contributed by atoms with Crippen LogP contribution in [0.5, 0.6) is 0 Å². The number of benzene rings is 1. The Hall–Kier alpha value is -1.72. The molecule has 1 heterocycles. The summed E-state index contributed by atoms with van der Waals surface area (Å²) in [6.07, 6.45) is 1.68. The van der Waals surface area contributed by atoms with E-state index in [2.05, 4.69) is 4.98 Å². The molecule has 0 spiro atoms. The number of hydrogen-bond donors (Lipinski definition) is 1. The van der Waals surface area contributed by atoms with Gasteiger partial charge in [-0.05, 0) is 12.1 Å². The highest BCUT2D eigenvalue weighted by atomic mass is 35.5. The van der Waals surface area contributed by atoms with Gasteiger partial charge in [-0.15, -0.1) is 0 Å². The van der Waals surface area contributed by atoms with E-state index in [0.717, 1.165) is 11.1 Å². The molecule has 0 saturated carbocycles. The van der Waals surface area contributed by atoms with Crippen LogP contribution in [0.3, 0.4) is 0 Å². The number of carboxylic acid groups (broad SMARTS) is 1. The summed E-state index contributed by atoms with van der Waals surface area (Å²) in [4.78, 5) is 18.7. The summed E-state index contributed by atoms with van der Waals surface area (Å²) in [6, 6.07) is 3.43. The molecule has 1 aromatic carbocycles. The number of carboxylic acids is 1. The Kier molecular flexibility index (Phi) is 4.44. The van der Waals surface area contributed by atoms with E-state index in [-0.39, 0.29) is 6.54 Å². The number of aliphatic carboxylic acids is 1. The molecular weight excluding hydrogens is 313 g/mol. The number of likely N-dealkylation sites (N-methyl/N-ethyl adjacent to an activating group) is 1. The van der Waals surface area contributed by atoms with Crippen LogP contribution in [-0.4, -0.2) is 43.7 Å². The molecule has 1 N–H and O–H groups in total. The molecule has 0 aliphatic rings. The summed E-state index contributed by atoms with van der Waals surface area (Å²) in [5, 5.41) is 11.4. The SMILES string of the molecule is CN(C)c1cnc(N(C)CC(=O)O)c2c(Cl)cc(Cl)cc12. The maximum Gasteiger partial charge on any atom is 0.323 e. The van der Waals surface area contributed by atoms with Gasteiger partial charge in [0.15, 0.2) is 0 Å². The van der Waals surface area contributed by atoms with Crippen LogP contribution in [0.1, 0.15) is 0 Å². The third-order valence-electron chi connectivity index (χ3n) is 3.08. The second-order valence-electron chi connectivity index (χ2n) is 4.92. The van der Waals surface area contributed by atoms with Gasteiger partial charge in [0.05, 0.1) is 16.9 Å². The quantitative estimate of drug-likeness (QED) is 0.934. The Labute approximate surface area is 132 Å². The van der Waals surface area contributed by atoms with Crippen molar-refractivity contribution in [3.63, 3.8) is 0 Å². The largest absolute Gasteiger partial charge is 0.480 e. The van der Waals surface area contributed by atoms with Crippen molar-refractivity contribution < 1.29 is 9.90 Å². The predicted octanol–water partition coefficient (Wildman–Crippen LogP) is 3.13. The molecule has 5 nitrogen and oxygen atoms in total. The summed E-state index contributed by atoms with van der Waals surface area (Å²) in [7, 11) is 5.45. The summed E-state index contributed by atoms with van der Waals surface area (Å²) < 4.78 is 0. The lowest BCUT2D eigenvalue weighted by Crippen LogP contribution is -2.26. The Morgan fingerprint density at radius 3 is 2.52 bits per heavy atom. The van der Waals surface area contributed by atoms with Crippen molar-refractivity contribution in [1.29, 1.82) is 0 Å². The summed E-state index contributed by atoms with van der Waals surface area (Å²) in [6.45, 7) is -0.164. The molecule has 7 heteroatoms. The van der Waals surface area contributed by atoms with Crippen molar-refractivity contribution in [2.75, 3.05) is 37.5 Å². The van der Waals surface area contributed by atoms with Crippen molar-refractivity contribution in [3.05, 3.63) is 28.4 Å². The van der Waals surface area contributed by atoms with E-state index >= 15 is 0 Å². The fraction of sp³-hybridized carbons (Fsp3) is 0.286. The number of hydrogen-bond acceptors (Lipinski definition) is 4. The van der Waals surface area contributed by atoms with Crippen LogP contribution in [0.4, 0.5) is 11.5 Å². The number of anilines is 2. The van der Waals surface area contributed by atoms with E-state index in [9.17, 15) is 4.79 Å². The van der Waals surface area contributed by atoms with Crippen LogP contribution in [0.15, 0.2) is 18.3 Å². The van der Waals surface area contributed by atoms with Gasteiger partial charge in [-0.25, -0.2) is 4.98 Å². The molecule has 2 rings (SSSR count). The van der Waals surface area contributed by atoms with Gasteiger partial charge < -0.3 is 14.9 Å². The van der Waals surface area contributed by atoms with Gasteiger partial charge >= 0.3 is 5.97 Å². The van der Waals surface area contributed by atoms with Crippen LogP contribution < -0.4 is 9.80 Å². The van der Waals surface area contributed by atoms with Gasteiger partial charge in [0, 0.05) is 36.9 Å². The number of pyridine rings is 1. The average molecular weight is 328 g/mol. The van der Waals surface area contributed by atoms with Crippen molar-refractivity contribution in [1.82, 2.24) is 4.98 Å². The first-order valence-electron chi connectivity index (χ1n) is 6.19. The highest BCUT2D eigenvalue weighted by Crippen LogP contribution is 2.38. The average Bonchev–Trinajstić information content (AvgIpc) is 2.35. The lowest BCUT2D eigenvalue weighted by molar-refractivity contribution is -0.135. The first-order valence-corrected chi connectivity index (χ1v) is 6.95. The van der Waals surface area contributed by atoms with Crippen LogP contribution in [0.25, 0.3) is 10.8 Å².